The Bertz CT molecular complexity index is 1120. The van der Waals surface area contributed by atoms with E-state index in [2.05, 4.69) is 30.1 Å². The van der Waals surface area contributed by atoms with Crippen LogP contribution in [0.2, 0.25) is 5.02 Å². The lowest BCUT2D eigenvalue weighted by molar-refractivity contribution is -0.143. The van der Waals surface area contributed by atoms with Crippen molar-refractivity contribution in [3.8, 4) is 0 Å². The van der Waals surface area contributed by atoms with Gasteiger partial charge in [-0.2, -0.15) is 0 Å². The van der Waals surface area contributed by atoms with Gasteiger partial charge in [-0.15, -0.1) is 0 Å². The topological polar surface area (TPSA) is 73.0 Å². The molecule has 180 valence electrons. The molecule has 0 bridgehead atoms. The molecule has 2 aliphatic rings. The Morgan fingerprint density at radius 2 is 1.82 bits per heavy atom. The summed E-state index contributed by atoms with van der Waals surface area (Å²) in [5.74, 6) is -1.63. The molecule has 1 saturated heterocycles. The van der Waals surface area contributed by atoms with Crippen molar-refractivity contribution < 1.29 is 14.4 Å². The highest BCUT2D eigenvalue weighted by Gasteiger charge is 2.36. The molecule has 8 heteroatoms. The molecule has 2 aromatic rings. The van der Waals surface area contributed by atoms with Crippen molar-refractivity contribution in [2.24, 2.45) is 0 Å². The van der Waals surface area contributed by atoms with E-state index in [-0.39, 0.29) is 18.0 Å². The number of halogens is 1. The lowest BCUT2D eigenvalue weighted by Gasteiger charge is -2.44. The van der Waals surface area contributed by atoms with E-state index in [1.807, 2.05) is 29.2 Å². The van der Waals surface area contributed by atoms with Gasteiger partial charge in [0.2, 0.25) is 5.78 Å². The number of Topliss-reactive ketones (excluding diaryl/α,β-unsaturated/α-hetero) is 1. The number of hydrogen-bond donors (Lipinski definition) is 1. The Morgan fingerprint density at radius 1 is 1.06 bits per heavy atom. The molecule has 2 aromatic carbocycles. The van der Waals surface area contributed by atoms with Gasteiger partial charge in [-0.3, -0.25) is 19.3 Å². The van der Waals surface area contributed by atoms with Crippen LogP contribution in [0.1, 0.15) is 41.3 Å². The van der Waals surface area contributed by atoms with Crippen molar-refractivity contribution in [2.75, 3.05) is 39.0 Å². The van der Waals surface area contributed by atoms with Crippen LogP contribution >= 0.6 is 11.6 Å². The number of likely N-dealkylation sites (N-methyl/N-ethyl adjacent to an activating group) is 1. The Hall–Kier alpha value is -2.90. The first kappa shape index (κ1) is 24.2. The van der Waals surface area contributed by atoms with Crippen LogP contribution in [-0.2, 0) is 16.1 Å². The van der Waals surface area contributed by atoms with Gasteiger partial charge in [-0.05, 0) is 55.3 Å². The summed E-state index contributed by atoms with van der Waals surface area (Å²) in [6, 6.07) is 13.5. The maximum Gasteiger partial charge on any atom is 0.290 e. The molecule has 1 N–H and O–H groups in total. The van der Waals surface area contributed by atoms with Crippen molar-refractivity contribution >= 4 is 34.9 Å². The molecular formula is C26H31ClN4O3. The highest BCUT2D eigenvalue weighted by Crippen LogP contribution is 2.34. The minimum absolute atomic E-state index is 0.0296. The zero-order valence-electron chi connectivity index (χ0n) is 20.0. The van der Waals surface area contributed by atoms with E-state index in [0.717, 1.165) is 29.4 Å². The summed E-state index contributed by atoms with van der Waals surface area (Å²) >= 11 is 6.14. The first-order valence-corrected chi connectivity index (χ1v) is 12.0. The van der Waals surface area contributed by atoms with Crippen molar-refractivity contribution in [3.05, 3.63) is 64.2 Å². The van der Waals surface area contributed by atoms with E-state index in [4.69, 9.17) is 11.6 Å². The van der Waals surface area contributed by atoms with E-state index >= 15 is 0 Å². The van der Waals surface area contributed by atoms with Gasteiger partial charge in [-0.1, -0.05) is 23.7 Å². The van der Waals surface area contributed by atoms with Gasteiger partial charge in [0.25, 0.3) is 11.8 Å². The highest BCUT2D eigenvalue weighted by atomic mass is 35.5. The summed E-state index contributed by atoms with van der Waals surface area (Å²) in [7, 11) is 3.14. The van der Waals surface area contributed by atoms with Crippen molar-refractivity contribution in [2.45, 2.75) is 38.4 Å². The minimum Gasteiger partial charge on any atom is -0.384 e. The summed E-state index contributed by atoms with van der Waals surface area (Å²) < 4.78 is 0. The van der Waals surface area contributed by atoms with E-state index in [0.29, 0.717) is 24.2 Å². The summed E-state index contributed by atoms with van der Waals surface area (Å²) in [6.07, 6.45) is 0. The highest BCUT2D eigenvalue weighted by molar-refractivity contribution is 6.38. The SMILES string of the molecule is CC1CN(C(=O)c2ccc3c(c2)C(C(=O)C(=O)N(C)C)CN3)C(C)CN1Cc1cccc(Cl)c1. The molecule has 0 radical (unpaired) electrons. The number of carbonyl (C=O) groups excluding carboxylic acids is 3. The monoisotopic (exact) mass is 482 g/mol. The van der Waals surface area contributed by atoms with Gasteiger partial charge in [-0.25, -0.2) is 0 Å². The first-order chi connectivity index (χ1) is 16.2. The molecule has 34 heavy (non-hydrogen) atoms. The lowest BCUT2D eigenvalue weighted by atomic mass is 9.94. The zero-order valence-corrected chi connectivity index (χ0v) is 20.8. The molecule has 4 rings (SSSR count). The van der Waals surface area contributed by atoms with Crippen molar-refractivity contribution in [1.82, 2.24) is 14.7 Å². The molecule has 0 aromatic heterocycles. The second-order valence-corrected chi connectivity index (χ2v) is 9.95. The Labute approximate surface area is 205 Å². The number of carbonyl (C=O) groups is 3. The third-order valence-corrected chi connectivity index (χ3v) is 6.99. The van der Waals surface area contributed by atoms with Crippen molar-refractivity contribution in [3.63, 3.8) is 0 Å². The molecule has 3 atom stereocenters. The van der Waals surface area contributed by atoms with E-state index in [1.165, 1.54) is 4.90 Å². The van der Waals surface area contributed by atoms with Gasteiger partial charge in [0.1, 0.15) is 0 Å². The molecule has 2 aliphatic heterocycles. The Kier molecular flexibility index (Phi) is 6.96. The molecule has 0 saturated carbocycles. The number of piperazine rings is 1. The van der Waals surface area contributed by atoms with Crippen LogP contribution in [0.3, 0.4) is 0 Å². The van der Waals surface area contributed by atoms with Gasteiger partial charge in [0.05, 0.1) is 5.92 Å². The molecule has 7 nitrogen and oxygen atoms in total. The molecule has 3 unspecified atom stereocenters. The molecule has 2 heterocycles. The van der Waals surface area contributed by atoms with Gasteiger partial charge >= 0.3 is 0 Å². The maximum absolute atomic E-state index is 13.5. The standard InChI is InChI=1S/C26H31ClN4O3/c1-16-14-31(17(2)13-30(16)15-18-6-5-7-20(27)10-18)25(33)19-8-9-23-21(11-19)22(12-28-23)24(32)26(34)29(3)4/h5-11,16-17,22,28H,12-15H2,1-4H3. The second kappa shape index (κ2) is 9.76. The zero-order chi connectivity index (χ0) is 24.6. The van der Waals surface area contributed by atoms with Gasteiger partial charge in [0, 0.05) is 68.6 Å². The van der Waals surface area contributed by atoms with Crippen molar-refractivity contribution in [1.29, 1.82) is 0 Å². The number of rotatable bonds is 5. The average molecular weight is 483 g/mol. The molecule has 2 amide bonds. The number of nitrogens with zero attached hydrogens (tertiary/aromatic N) is 3. The van der Waals surface area contributed by atoms with Crippen LogP contribution in [0.15, 0.2) is 42.5 Å². The van der Waals surface area contributed by atoms with E-state index in [9.17, 15) is 14.4 Å². The largest absolute Gasteiger partial charge is 0.384 e. The second-order valence-electron chi connectivity index (χ2n) is 9.51. The van der Waals surface area contributed by atoms with Gasteiger partial charge < -0.3 is 15.1 Å². The summed E-state index contributed by atoms with van der Waals surface area (Å²) in [6.45, 7) is 6.70. The summed E-state index contributed by atoms with van der Waals surface area (Å²) in [4.78, 5) is 44.0. The summed E-state index contributed by atoms with van der Waals surface area (Å²) in [5, 5.41) is 3.91. The van der Waals surface area contributed by atoms with E-state index in [1.54, 1.807) is 26.2 Å². The number of hydrogen-bond acceptors (Lipinski definition) is 5. The normalized spacial score (nSPS) is 22.1. The van der Waals surface area contributed by atoms with Crippen LogP contribution < -0.4 is 5.32 Å². The number of ketones is 1. The average Bonchev–Trinajstić information content (AvgIpc) is 3.23. The fraction of sp³-hybridized carbons (Fsp3) is 0.423. The number of benzene rings is 2. The number of amides is 2. The van der Waals surface area contributed by atoms with Crippen LogP contribution in [0.4, 0.5) is 5.69 Å². The third kappa shape index (κ3) is 4.81. The Morgan fingerprint density at radius 3 is 2.53 bits per heavy atom. The number of fused-ring (bicyclic) bond motifs is 1. The minimum atomic E-state index is -0.580. The van der Waals surface area contributed by atoms with Crippen LogP contribution in [0.5, 0.6) is 0 Å². The summed E-state index contributed by atoms with van der Waals surface area (Å²) in [5.41, 5.74) is 3.21. The molecule has 1 fully saturated rings. The van der Waals surface area contributed by atoms with Crippen LogP contribution in [0.25, 0.3) is 0 Å². The number of nitrogens with one attached hydrogen (secondary N) is 1. The smallest absolute Gasteiger partial charge is 0.290 e. The molecular weight excluding hydrogens is 452 g/mol. The van der Waals surface area contributed by atoms with E-state index < -0.39 is 17.6 Å². The first-order valence-electron chi connectivity index (χ1n) is 11.6. The molecule has 0 aliphatic carbocycles. The maximum atomic E-state index is 13.5. The predicted octanol–water partition coefficient (Wildman–Crippen LogP) is 3.24. The lowest BCUT2D eigenvalue weighted by Crippen LogP contribution is -2.57. The number of anilines is 1. The third-order valence-electron chi connectivity index (χ3n) is 6.75. The van der Waals surface area contributed by atoms with Crippen LogP contribution in [0, 0.1) is 0 Å². The fourth-order valence-electron chi connectivity index (χ4n) is 4.81. The van der Waals surface area contributed by atoms with Crippen LogP contribution in [-0.4, -0.2) is 78.1 Å². The predicted molar refractivity (Wildman–Crippen MR) is 133 cm³/mol. The van der Waals surface area contributed by atoms with Gasteiger partial charge in [0.15, 0.2) is 0 Å². The Balaban J connectivity index is 1.49. The molecule has 0 spiro atoms. The fourth-order valence-corrected chi connectivity index (χ4v) is 5.02. The quantitative estimate of drug-likeness (QED) is 0.662.